The molecule has 1 aromatic carbocycles. The van der Waals surface area contributed by atoms with Crippen molar-refractivity contribution in [2.75, 3.05) is 0 Å². The van der Waals surface area contributed by atoms with Crippen molar-refractivity contribution in [1.82, 2.24) is 28.9 Å². The number of H-pyrrole nitrogens is 1. The minimum atomic E-state index is -4.39. The third-order valence-corrected chi connectivity index (χ3v) is 5.56. The predicted octanol–water partition coefficient (Wildman–Crippen LogP) is 3.83. The number of nitrogens with zero attached hydrogens (tertiary/aromatic N) is 5. The Morgan fingerprint density at radius 1 is 1.03 bits per heavy atom. The second kappa shape index (κ2) is 9.32. The average Bonchev–Trinajstić information content (AvgIpc) is 3.40. The molecule has 0 saturated carbocycles. The van der Waals surface area contributed by atoms with Gasteiger partial charge in [-0.15, -0.1) is 0 Å². The maximum absolute atomic E-state index is 13.0. The summed E-state index contributed by atoms with van der Waals surface area (Å²) in [5.74, 6) is 0.517. The van der Waals surface area contributed by atoms with Gasteiger partial charge in [0.05, 0.1) is 17.3 Å². The van der Waals surface area contributed by atoms with E-state index in [0.717, 1.165) is 18.6 Å². The number of aromatic nitrogens is 6. The highest BCUT2D eigenvalue weighted by molar-refractivity contribution is 5.76. The van der Waals surface area contributed by atoms with Gasteiger partial charge in [0.25, 0.3) is 5.56 Å². The van der Waals surface area contributed by atoms with E-state index in [1.165, 1.54) is 10.6 Å². The number of imidazole rings is 1. The molecule has 3 heterocycles. The van der Waals surface area contributed by atoms with Gasteiger partial charge in [-0.3, -0.25) is 19.0 Å². The Kier molecular flexibility index (Phi) is 6.45. The fourth-order valence-corrected chi connectivity index (χ4v) is 4.01. The third-order valence-electron chi connectivity index (χ3n) is 5.56. The third kappa shape index (κ3) is 4.55. The quantitative estimate of drug-likeness (QED) is 0.420. The molecule has 0 amide bonds. The van der Waals surface area contributed by atoms with Gasteiger partial charge >= 0.3 is 11.9 Å². The number of benzene rings is 1. The summed E-state index contributed by atoms with van der Waals surface area (Å²) in [4.78, 5) is 32.0. The van der Waals surface area contributed by atoms with E-state index < -0.39 is 23.0 Å². The number of halogens is 3. The number of rotatable bonds is 8. The van der Waals surface area contributed by atoms with Crippen LogP contribution < -0.4 is 11.2 Å². The summed E-state index contributed by atoms with van der Waals surface area (Å²) in [5, 5.41) is 4.34. The molecule has 0 aliphatic rings. The highest BCUT2D eigenvalue weighted by atomic mass is 19.4. The van der Waals surface area contributed by atoms with Crippen LogP contribution in [0, 0.1) is 0 Å². The Hall–Kier alpha value is -3.63. The number of alkyl halides is 3. The molecule has 11 heteroatoms. The first kappa shape index (κ1) is 23.5. The van der Waals surface area contributed by atoms with Crippen molar-refractivity contribution in [3.05, 3.63) is 68.6 Å². The first-order valence-corrected chi connectivity index (χ1v) is 11.1. The van der Waals surface area contributed by atoms with Crippen molar-refractivity contribution in [2.45, 2.75) is 58.9 Å². The van der Waals surface area contributed by atoms with Crippen LogP contribution in [0.5, 0.6) is 0 Å². The normalized spacial score (nSPS) is 12.0. The largest absolute Gasteiger partial charge is 0.416 e. The van der Waals surface area contributed by atoms with E-state index in [2.05, 4.69) is 15.1 Å². The fraction of sp³-hybridized carbons (Fsp3) is 0.391. The standard InChI is InChI=1S/C23H25F3N6O2/c1-3-9-31-18-20(32(10-4-2)22(34)29-21(18)33)28-19(31)16-13-27-30(14-16)11-8-15-6-5-7-17(12-15)23(24,25)26/h5-7,12-14H,3-4,8-11H2,1-2H3,(H,29,33,34). The highest BCUT2D eigenvalue weighted by Gasteiger charge is 2.30. The molecule has 34 heavy (non-hydrogen) atoms. The second-order valence-electron chi connectivity index (χ2n) is 8.11. The lowest BCUT2D eigenvalue weighted by Crippen LogP contribution is -2.31. The summed E-state index contributed by atoms with van der Waals surface area (Å²) in [6.07, 6.45) is 0.780. The Morgan fingerprint density at radius 3 is 2.47 bits per heavy atom. The average molecular weight is 474 g/mol. The van der Waals surface area contributed by atoms with E-state index in [-0.39, 0.29) is 0 Å². The molecule has 180 valence electrons. The maximum atomic E-state index is 13.0. The predicted molar refractivity (Wildman–Crippen MR) is 122 cm³/mol. The van der Waals surface area contributed by atoms with Gasteiger partial charge in [0.15, 0.2) is 11.2 Å². The summed E-state index contributed by atoms with van der Waals surface area (Å²) in [7, 11) is 0. The minimum absolute atomic E-state index is 0.329. The van der Waals surface area contributed by atoms with Gasteiger partial charge in [-0.2, -0.15) is 18.3 Å². The molecule has 8 nitrogen and oxygen atoms in total. The second-order valence-corrected chi connectivity index (χ2v) is 8.11. The topological polar surface area (TPSA) is 90.5 Å². The van der Waals surface area contributed by atoms with Crippen LogP contribution in [0.2, 0.25) is 0 Å². The Morgan fingerprint density at radius 2 is 1.76 bits per heavy atom. The monoisotopic (exact) mass is 474 g/mol. The summed E-state index contributed by atoms with van der Waals surface area (Å²) < 4.78 is 43.8. The lowest BCUT2D eigenvalue weighted by Gasteiger charge is -2.08. The lowest BCUT2D eigenvalue weighted by molar-refractivity contribution is -0.137. The van der Waals surface area contributed by atoms with Crippen LogP contribution >= 0.6 is 0 Å². The molecule has 4 rings (SSSR count). The molecule has 0 bridgehead atoms. The smallest absolute Gasteiger partial charge is 0.318 e. The lowest BCUT2D eigenvalue weighted by atomic mass is 10.1. The van der Waals surface area contributed by atoms with E-state index in [4.69, 9.17) is 0 Å². The van der Waals surface area contributed by atoms with Crippen molar-refractivity contribution in [1.29, 1.82) is 0 Å². The van der Waals surface area contributed by atoms with Gasteiger partial charge < -0.3 is 4.57 Å². The van der Waals surface area contributed by atoms with E-state index >= 15 is 0 Å². The van der Waals surface area contributed by atoms with Crippen molar-refractivity contribution in [2.24, 2.45) is 0 Å². The number of hydrogen-bond donors (Lipinski definition) is 1. The van der Waals surface area contributed by atoms with Gasteiger partial charge in [-0.25, -0.2) is 9.78 Å². The van der Waals surface area contributed by atoms with Crippen LogP contribution in [0.1, 0.15) is 37.8 Å². The fourth-order valence-electron chi connectivity index (χ4n) is 4.01. The molecule has 0 saturated heterocycles. The summed E-state index contributed by atoms with van der Waals surface area (Å²) in [6, 6.07) is 5.24. The van der Waals surface area contributed by atoms with Crippen molar-refractivity contribution >= 4 is 11.2 Å². The zero-order valence-corrected chi connectivity index (χ0v) is 18.9. The number of fused-ring (bicyclic) bond motifs is 1. The zero-order chi connectivity index (χ0) is 24.5. The molecular weight excluding hydrogens is 449 g/mol. The van der Waals surface area contributed by atoms with Crippen LogP contribution in [-0.4, -0.2) is 28.9 Å². The van der Waals surface area contributed by atoms with Crippen LogP contribution in [-0.2, 0) is 32.2 Å². The molecule has 4 aromatic rings. The molecule has 0 unspecified atom stereocenters. The van der Waals surface area contributed by atoms with Crippen LogP contribution in [0.4, 0.5) is 13.2 Å². The molecule has 0 aliphatic carbocycles. The summed E-state index contributed by atoms with van der Waals surface area (Å²) >= 11 is 0. The maximum Gasteiger partial charge on any atom is 0.416 e. The van der Waals surface area contributed by atoms with Crippen LogP contribution in [0.25, 0.3) is 22.6 Å². The Balaban J connectivity index is 1.67. The van der Waals surface area contributed by atoms with Crippen molar-refractivity contribution in [3.63, 3.8) is 0 Å². The number of aromatic amines is 1. The van der Waals surface area contributed by atoms with E-state index in [1.54, 1.807) is 27.7 Å². The Labute approximate surface area is 192 Å². The highest BCUT2D eigenvalue weighted by Crippen LogP contribution is 2.29. The molecule has 1 N–H and O–H groups in total. The number of hydrogen-bond acceptors (Lipinski definition) is 4. The molecule has 0 atom stereocenters. The van der Waals surface area contributed by atoms with E-state index in [0.29, 0.717) is 60.6 Å². The number of nitrogens with one attached hydrogen (secondary N) is 1. The first-order chi connectivity index (χ1) is 16.2. The van der Waals surface area contributed by atoms with Crippen LogP contribution in [0.3, 0.4) is 0 Å². The van der Waals surface area contributed by atoms with E-state index in [9.17, 15) is 22.8 Å². The van der Waals surface area contributed by atoms with Gasteiger partial charge in [0.2, 0.25) is 0 Å². The van der Waals surface area contributed by atoms with Crippen LogP contribution in [0.15, 0.2) is 46.2 Å². The molecule has 0 aliphatic heterocycles. The van der Waals surface area contributed by atoms with Gasteiger partial charge in [-0.1, -0.05) is 32.0 Å². The SMILES string of the molecule is CCCn1c(-c2cnn(CCc3cccc(C(F)(F)F)c3)c2)nc2c1c(=O)[nH]c(=O)n2CCC. The van der Waals surface area contributed by atoms with Gasteiger partial charge in [0, 0.05) is 25.8 Å². The summed E-state index contributed by atoms with van der Waals surface area (Å²) in [5.41, 5.74) is 0.212. The molecule has 3 aromatic heterocycles. The Bertz CT molecular complexity index is 1430. The minimum Gasteiger partial charge on any atom is -0.318 e. The molecular formula is C23H25F3N6O2. The molecule has 0 fully saturated rings. The van der Waals surface area contributed by atoms with Gasteiger partial charge in [0.1, 0.15) is 5.82 Å². The molecule has 0 radical (unpaired) electrons. The first-order valence-electron chi connectivity index (χ1n) is 11.1. The van der Waals surface area contributed by atoms with Gasteiger partial charge in [-0.05, 0) is 30.9 Å². The van der Waals surface area contributed by atoms with Crippen molar-refractivity contribution < 1.29 is 13.2 Å². The zero-order valence-electron chi connectivity index (χ0n) is 18.9. The number of aryl methyl sites for hydroxylation is 4. The summed E-state index contributed by atoms with van der Waals surface area (Å²) in [6.45, 7) is 5.22. The van der Waals surface area contributed by atoms with Crippen molar-refractivity contribution in [3.8, 4) is 11.4 Å². The van der Waals surface area contributed by atoms with E-state index in [1.807, 2.05) is 13.8 Å². The molecule has 0 spiro atoms.